The van der Waals surface area contributed by atoms with E-state index in [1.54, 1.807) is 0 Å². The molecule has 3 rings (SSSR count). The summed E-state index contributed by atoms with van der Waals surface area (Å²) in [5, 5.41) is 4.02. The Balaban J connectivity index is 1.71. The van der Waals surface area contributed by atoms with Gasteiger partial charge >= 0.3 is 0 Å². The average molecular weight is 388 g/mol. The number of ether oxygens (including phenoxy) is 1. The van der Waals surface area contributed by atoms with E-state index in [0.29, 0.717) is 11.4 Å². The average Bonchev–Trinajstić information content (AvgIpc) is 3.02. The van der Waals surface area contributed by atoms with E-state index in [4.69, 9.17) is 4.74 Å². The zero-order valence-corrected chi connectivity index (χ0v) is 17.7. The zero-order chi connectivity index (χ0) is 19.6. The maximum atomic E-state index is 12.8. The second-order valence-corrected chi connectivity index (χ2v) is 8.85. The zero-order valence-electron chi connectivity index (χ0n) is 16.9. The van der Waals surface area contributed by atoms with Crippen LogP contribution in [0.5, 0.6) is 0 Å². The van der Waals surface area contributed by atoms with E-state index in [9.17, 15) is 4.79 Å². The number of aromatic nitrogens is 1. The predicted molar refractivity (Wildman–Crippen MR) is 111 cm³/mol. The van der Waals surface area contributed by atoms with Crippen LogP contribution in [0.15, 0.2) is 18.2 Å². The number of nitrogens with one attached hydrogen (secondary N) is 1. The molecule has 1 N–H and O–H groups in total. The number of hydrogen-bond donors (Lipinski definition) is 1. The predicted octanol–water partition coefficient (Wildman–Crippen LogP) is 3.58. The fourth-order valence-corrected chi connectivity index (χ4v) is 4.51. The normalized spacial score (nSPS) is 15.7. The second kappa shape index (κ2) is 8.09. The quantitative estimate of drug-likeness (QED) is 0.852. The Labute approximate surface area is 165 Å². The minimum Gasteiger partial charge on any atom is -0.379 e. The minimum absolute atomic E-state index is 0.0395. The number of morpholine rings is 1. The van der Waals surface area contributed by atoms with Gasteiger partial charge in [0, 0.05) is 30.7 Å². The van der Waals surface area contributed by atoms with Crippen molar-refractivity contribution in [2.24, 2.45) is 0 Å². The van der Waals surface area contributed by atoms with Gasteiger partial charge in [-0.15, -0.1) is 11.3 Å². The summed E-state index contributed by atoms with van der Waals surface area (Å²) in [7, 11) is 0. The molecular weight excluding hydrogens is 358 g/mol. The van der Waals surface area contributed by atoms with E-state index < -0.39 is 0 Å². The van der Waals surface area contributed by atoms with Crippen molar-refractivity contribution >= 4 is 17.2 Å². The molecule has 1 aliphatic rings. The van der Waals surface area contributed by atoms with Crippen LogP contribution in [0.25, 0.3) is 10.6 Å². The minimum atomic E-state index is -0.103. The molecule has 1 aromatic carbocycles. The lowest BCUT2D eigenvalue weighted by atomic mass is 10.0. The van der Waals surface area contributed by atoms with Crippen LogP contribution in [-0.4, -0.2) is 54.2 Å². The molecule has 0 atom stereocenters. The van der Waals surface area contributed by atoms with Gasteiger partial charge in [-0.2, -0.15) is 0 Å². The number of benzene rings is 1. The van der Waals surface area contributed by atoms with Gasteiger partial charge in [-0.1, -0.05) is 23.8 Å². The van der Waals surface area contributed by atoms with Crippen molar-refractivity contribution in [2.45, 2.75) is 40.2 Å². The number of nitrogens with zero attached hydrogens (tertiary/aromatic N) is 2. The van der Waals surface area contributed by atoms with Crippen molar-refractivity contribution in [3.63, 3.8) is 0 Å². The molecule has 2 heterocycles. The maximum Gasteiger partial charge on any atom is 0.263 e. The molecule has 0 bridgehead atoms. The highest BCUT2D eigenvalue weighted by Crippen LogP contribution is 2.30. The van der Waals surface area contributed by atoms with Gasteiger partial charge in [-0.25, -0.2) is 4.98 Å². The van der Waals surface area contributed by atoms with E-state index in [-0.39, 0.29) is 11.4 Å². The Bertz CT molecular complexity index is 823. The highest BCUT2D eigenvalue weighted by Gasteiger charge is 2.29. The summed E-state index contributed by atoms with van der Waals surface area (Å²) in [4.78, 5) is 20.5. The molecule has 0 spiro atoms. The molecule has 5 nitrogen and oxygen atoms in total. The van der Waals surface area contributed by atoms with Gasteiger partial charge in [0.05, 0.1) is 18.9 Å². The van der Waals surface area contributed by atoms with Gasteiger partial charge in [-0.3, -0.25) is 9.69 Å². The third-order valence-electron chi connectivity index (χ3n) is 5.16. The van der Waals surface area contributed by atoms with E-state index in [0.717, 1.165) is 42.6 Å². The van der Waals surface area contributed by atoms with Crippen molar-refractivity contribution in [1.29, 1.82) is 0 Å². The van der Waals surface area contributed by atoms with Crippen molar-refractivity contribution in [1.82, 2.24) is 15.2 Å². The lowest BCUT2D eigenvalue weighted by molar-refractivity contribution is -0.00922. The molecule has 1 aliphatic heterocycles. The monoisotopic (exact) mass is 387 g/mol. The summed E-state index contributed by atoms with van der Waals surface area (Å²) < 4.78 is 5.43. The number of carbonyl (C=O) groups excluding carboxylic acids is 1. The van der Waals surface area contributed by atoms with Crippen LogP contribution in [0.1, 0.15) is 40.3 Å². The number of thiazole rings is 1. The number of amides is 1. The van der Waals surface area contributed by atoms with Crippen molar-refractivity contribution in [3.8, 4) is 10.6 Å². The standard InChI is InChI=1S/C21H29N3O2S/c1-14-6-7-17(15(2)12-14)20-23-16(3)18(27-20)19(25)22-13-21(4,5)24-8-10-26-11-9-24/h6-7,12H,8-11,13H2,1-5H3,(H,22,25). The largest absolute Gasteiger partial charge is 0.379 e. The highest BCUT2D eigenvalue weighted by atomic mass is 32.1. The molecule has 1 fully saturated rings. The first-order chi connectivity index (χ1) is 12.8. The highest BCUT2D eigenvalue weighted by molar-refractivity contribution is 7.17. The topological polar surface area (TPSA) is 54.5 Å². The number of carbonyl (C=O) groups is 1. The van der Waals surface area contributed by atoms with Crippen molar-refractivity contribution < 1.29 is 9.53 Å². The number of aryl methyl sites for hydroxylation is 3. The van der Waals surface area contributed by atoms with E-state index in [1.807, 2.05) is 6.92 Å². The fraction of sp³-hybridized carbons (Fsp3) is 0.524. The Morgan fingerprint density at radius 2 is 1.96 bits per heavy atom. The van der Waals surface area contributed by atoms with E-state index in [1.165, 1.54) is 22.5 Å². The summed E-state index contributed by atoms with van der Waals surface area (Å²) >= 11 is 1.47. The van der Waals surface area contributed by atoms with Gasteiger partial charge in [0.15, 0.2) is 0 Å². The Morgan fingerprint density at radius 1 is 1.26 bits per heavy atom. The maximum absolute atomic E-state index is 12.8. The molecule has 146 valence electrons. The molecule has 0 aliphatic carbocycles. The molecule has 27 heavy (non-hydrogen) atoms. The molecule has 2 aromatic rings. The van der Waals surface area contributed by atoms with Crippen LogP contribution >= 0.6 is 11.3 Å². The molecule has 0 unspecified atom stereocenters. The molecule has 0 radical (unpaired) electrons. The van der Waals surface area contributed by atoms with Gasteiger partial charge in [-0.05, 0) is 40.2 Å². The summed E-state index contributed by atoms with van der Waals surface area (Å²) in [6.07, 6.45) is 0. The van der Waals surface area contributed by atoms with Crippen LogP contribution in [0.2, 0.25) is 0 Å². The van der Waals surface area contributed by atoms with Gasteiger partial charge in [0.1, 0.15) is 9.88 Å². The molecule has 1 aromatic heterocycles. The molecular formula is C21H29N3O2S. The van der Waals surface area contributed by atoms with Gasteiger partial charge < -0.3 is 10.1 Å². The van der Waals surface area contributed by atoms with E-state index in [2.05, 4.69) is 61.1 Å². The summed E-state index contributed by atoms with van der Waals surface area (Å²) in [6.45, 7) is 14.3. The molecule has 6 heteroatoms. The molecule has 0 saturated carbocycles. The number of rotatable bonds is 5. The SMILES string of the molecule is Cc1ccc(-c2nc(C)c(C(=O)NCC(C)(C)N3CCOCC3)s2)c(C)c1. The van der Waals surface area contributed by atoms with Crippen LogP contribution in [-0.2, 0) is 4.74 Å². The van der Waals surface area contributed by atoms with E-state index >= 15 is 0 Å². The third kappa shape index (κ3) is 4.57. The van der Waals surface area contributed by atoms with Crippen LogP contribution in [0.3, 0.4) is 0 Å². The van der Waals surface area contributed by atoms with Crippen LogP contribution < -0.4 is 5.32 Å². The third-order valence-corrected chi connectivity index (χ3v) is 6.35. The van der Waals surface area contributed by atoms with Crippen molar-refractivity contribution in [2.75, 3.05) is 32.8 Å². The van der Waals surface area contributed by atoms with Gasteiger partial charge in [0.25, 0.3) is 5.91 Å². The fourth-order valence-electron chi connectivity index (χ4n) is 3.43. The first-order valence-corrected chi connectivity index (χ1v) is 10.3. The summed E-state index contributed by atoms with van der Waals surface area (Å²) in [5.74, 6) is -0.0395. The smallest absolute Gasteiger partial charge is 0.263 e. The lowest BCUT2D eigenvalue weighted by Crippen LogP contribution is -2.55. The summed E-state index contributed by atoms with van der Waals surface area (Å²) in [5.41, 5.74) is 4.20. The lowest BCUT2D eigenvalue weighted by Gasteiger charge is -2.40. The first kappa shape index (κ1) is 20.0. The van der Waals surface area contributed by atoms with Crippen LogP contribution in [0, 0.1) is 20.8 Å². The first-order valence-electron chi connectivity index (χ1n) is 9.44. The Morgan fingerprint density at radius 3 is 2.63 bits per heavy atom. The second-order valence-electron chi connectivity index (χ2n) is 7.85. The Kier molecular flexibility index (Phi) is 5.99. The van der Waals surface area contributed by atoms with Crippen LogP contribution in [0.4, 0.5) is 0 Å². The number of hydrogen-bond acceptors (Lipinski definition) is 5. The Hall–Kier alpha value is -1.76. The van der Waals surface area contributed by atoms with Crippen molar-refractivity contribution in [3.05, 3.63) is 39.9 Å². The molecule has 1 amide bonds. The van der Waals surface area contributed by atoms with Gasteiger partial charge in [0.2, 0.25) is 0 Å². The molecule has 1 saturated heterocycles. The summed E-state index contributed by atoms with van der Waals surface area (Å²) in [6, 6.07) is 6.33.